The Hall–Kier alpha value is -2.10. The van der Waals surface area contributed by atoms with Crippen molar-refractivity contribution in [1.29, 1.82) is 0 Å². The van der Waals surface area contributed by atoms with Crippen LogP contribution in [0.4, 0.5) is 5.69 Å². The Labute approximate surface area is 112 Å². The van der Waals surface area contributed by atoms with Gasteiger partial charge in [0.2, 0.25) is 0 Å². The first-order chi connectivity index (χ1) is 9.06. The number of carbonyl (C=O) groups excluding carboxylic acids is 1. The Morgan fingerprint density at radius 2 is 2.32 bits per heavy atom. The largest absolute Gasteiger partial charge is 0.382 e. The number of ketones is 1. The van der Waals surface area contributed by atoms with Gasteiger partial charge < -0.3 is 10.3 Å². The van der Waals surface area contributed by atoms with Crippen molar-refractivity contribution in [2.24, 2.45) is 0 Å². The molecule has 19 heavy (non-hydrogen) atoms. The van der Waals surface area contributed by atoms with Gasteiger partial charge in [0.05, 0.1) is 11.9 Å². The van der Waals surface area contributed by atoms with E-state index in [1.54, 1.807) is 13.0 Å². The van der Waals surface area contributed by atoms with Gasteiger partial charge in [-0.2, -0.15) is 0 Å². The van der Waals surface area contributed by atoms with Gasteiger partial charge in [-0.1, -0.05) is 6.08 Å². The molecule has 0 saturated heterocycles. The highest BCUT2D eigenvalue weighted by Gasteiger charge is 2.05. The number of nitrogens with zero attached hydrogens (tertiary/aromatic N) is 1. The molecule has 0 fully saturated rings. The molecule has 0 aliphatic heterocycles. The van der Waals surface area contributed by atoms with Gasteiger partial charge in [-0.15, -0.1) is 0 Å². The van der Waals surface area contributed by atoms with Crippen molar-refractivity contribution in [3.8, 4) is 0 Å². The van der Waals surface area contributed by atoms with Crippen LogP contribution in [0.3, 0.4) is 0 Å². The van der Waals surface area contributed by atoms with Crippen molar-refractivity contribution < 1.29 is 4.79 Å². The summed E-state index contributed by atoms with van der Waals surface area (Å²) in [5, 5.41) is 4.44. The Bertz CT molecular complexity index is 611. The van der Waals surface area contributed by atoms with Crippen molar-refractivity contribution in [3.05, 3.63) is 36.2 Å². The number of aromatic amines is 1. The second kappa shape index (κ2) is 5.69. The first kappa shape index (κ1) is 13.3. The minimum Gasteiger partial charge on any atom is -0.382 e. The molecule has 0 aromatic carbocycles. The predicted molar refractivity (Wildman–Crippen MR) is 78.4 cm³/mol. The van der Waals surface area contributed by atoms with Gasteiger partial charge in [0, 0.05) is 17.6 Å². The summed E-state index contributed by atoms with van der Waals surface area (Å²) in [5.41, 5.74) is 3.03. The molecule has 0 saturated carbocycles. The van der Waals surface area contributed by atoms with E-state index in [0.29, 0.717) is 6.04 Å². The standard InChI is InChI=1S/C15H19N3O/c1-10(2)18-13-7-14-12(6-4-5-11(3)19)8-16-15(14)17-9-13/h4-5,7-10,18H,6H2,1-3H3,(H,16,17)/b5-4+. The number of hydrogen-bond acceptors (Lipinski definition) is 3. The van der Waals surface area contributed by atoms with Gasteiger partial charge in [-0.05, 0) is 44.9 Å². The summed E-state index contributed by atoms with van der Waals surface area (Å²) in [6, 6.07) is 2.47. The second-order valence-electron chi connectivity index (χ2n) is 4.95. The summed E-state index contributed by atoms with van der Waals surface area (Å²) < 4.78 is 0. The highest BCUT2D eigenvalue weighted by molar-refractivity contribution is 5.87. The molecule has 0 spiro atoms. The van der Waals surface area contributed by atoms with Crippen LogP contribution in [0.15, 0.2) is 30.6 Å². The highest BCUT2D eigenvalue weighted by Crippen LogP contribution is 2.21. The number of hydrogen-bond donors (Lipinski definition) is 2. The van der Waals surface area contributed by atoms with E-state index >= 15 is 0 Å². The number of H-pyrrole nitrogens is 1. The first-order valence-corrected chi connectivity index (χ1v) is 6.46. The fourth-order valence-electron chi connectivity index (χ4n) is 1.99. The van der Waals surface area contributed by atoms with E-state index in [0.717, 1.165) is 28.7 Å². The quantitative estimate of drug-likeness (QED) is 0.809. The molecular weight excluding hydrogens is 238 g/mol. The van der Waals surface area contributed by atoms with Crippen molar-refractivity contribution in [2.45, 2.75) is 33.2 Å². The van der Waals surface area contributed by atoms with Crippen LogP contribution in [0.5, 0.6) is 0 Å². The van der Waals surface area contributed by atoms with Crippen LogP contribution in [-0.2, 0) is 11.2 Å². The van der Waals surface area contributed by atoms with Crippen molar-refractivity contribution in [1.82, 2.24) is 9.97 Å². The lowest BCUT2D eigenvalue weighted by molar-refractivity contribution is -0.112. The monoisotopic (exact) mass is 257 g/mol. The van der Waals surface area contributed by atoms with Gasteiger partial charge in [0.25, 0.3) is 0 Å². The van der Waals surface area contributed by atoms with Crippen LogP contribution in [0.2, 0.25) is 0 Å². The number of fused-ring (bicyclic) bond motifs is 1. The van der Waals surface area contributed by atoms with E-state index in [1.165, 1.54) is 0 Å². The Morgan fingerprint density at radius 3 is 3.00 bits per heavy atom. The molecule has 0 amide bonds. The van der Waals surface area contributed by atoms with Gasteiger partial charge in [0.15, 0.2) is 5.78 Å². The average molecular weight is 257 g/mol. The molecule has 4 nitrogen and oxygen atoms in total. The average Bonchev–Trinajstić information content (AvgIpc) is 2.71. The molecule has 2 aromatic heterocycles. The maximum atomic E-state index is 10.9. The molecule has 0 unspecified atom stereocenters. The molecule has 100 valence electrons. The molecule has 2 aromatic rings. The van der Waals surface area contributed by atoms with Crippen LogP contribution in [0, 0.1) is 0 Å². The normalized spacial score (nSPS) is 11.6. The third-order valence-electron chi connectivity index (χ3n) is 2.76. The van der Waals surface area contributed by atoms with Crippen LogP contribution < -0.4 is 5.32 Å². The lowest BCUT2D eigenvalue weighted by atomic mass is 10.1. The smallest absolute Gasteiger partial charge is 0.152 e. The fraction of sp³-hybridized carbons (Fsp3) is 0.333. The van der Waals surface area contributed by atoms with E-state index in [1.807, 2.05) is 18.5 Å². The van der Waals surface area contributed by atoms with Crippen LogP contribution in [-0.4, -0.2) is 21.8 Å². The Balaban J connectivity index is 2.26. The SMILES string of the molecule is CC(=O)/C=C/Cc1c[nH]c2ncc(NC(C)C)cc12. The zero-order valence-electron chi connectivity index (χ0n) is 11.5. The molecule has 0 aliphatic carbocycles. The van der Waals surface area contributed by atoms with Crippen molar-refractivity contribution in [2.75, 3.05) is 5.32 Å². The molecular formula is C15H19N3O. The third kappa shape index (κ3) is 3.44. The van der Waals surface area contributed by atoms with Crippen LogP contribution >= 0.6 is 0 Å². The number of pyridine rings is 1. The van der Waals surface area contributed by atoms with Crippen LogP contribution in [0.25, 0.3) is 11.0 Å². The van der Waals surface area contributed by atoms with Crippen molar-refractivity contribution >= 4 is 22.5 Å². The maximum absolute atomic E-state index is 10.9. The minimum atomic E-state index is 0.0696. The molecule has 2 rings (SSSR count). The number of anilines is 1. The first-order valence-electron chi connectivity index (χ1n) is 6.46. The summed E-state index contributed by atoms with van der Waals surface area (Å²) >= 11 is 0. The molecule has 4 heteroatoms. The molecule has 0 radical (unpaired) electrons. The van der Waals surface area contributed by atoms with E-state index in [2.05, 4.69) is 35.2 Å². The summed E-state index contributed by atoms with van der Waals surface area (Å²) in [7, 11) is 0. The lowest BCUT2D eigenvalue weighted by Crippen LogP contribution is -2.09. The Morgan fingerprint density at radius 1 is 1.53 bits per heavy atom. The summed E-state index contributed by atoms with van der Waals surface area (Å²) in [4.78, 5) is 18.4. The molecule has 0 atom stereocenters. The van der Waals surface area contributed by atoms with Gasteiger partial charge in [-0.25, -0.2) is 4.98 Å². The van der Waals surface area contributed by atoms with E-state index in [-0.39, 0.29) is 5.78 Å². The van der Waals surface area contributed by atoms with E-state index in [4.69, 9.17) is 0 Å². The number of carbonyl (C=O) groups is 1. The van der Waals surface area contributed by atoms with E-state index < -0.39 is 0 Å². The number of aromatic nitrogens is 2. The number of rotatable bonds is 5. The van der Waals surface area contributed by atoms with Crippen molar-refractivity contribution in [3.63, 3.8) is 0 Å². The molecule has 2 heterocycles. The summed E-state index contributed by atoms with van der Waals surface area (Å²) in [6.07, 6.45) is 7.98. The van der Waals surface area contributed by atoms with Gasteiger partial charge >= 0.3 is 0 Å². The third-order valence-corrected chi connectivity index (χ3v) is 2.76. The molecule has 0 bridgehead atoms. The topological polar surface area (TPSA) is 57.8 Å². The fourth-order valence-corrected chi connectivity index (χ4v) is 1.99. The predicted octanol–water partition coefficient (Wildman–Crippen LogP) is 3.07. The van der Waals surface area contributed by atoms with Gasteiger partial charge in [0.1, 0.15) is 5.65 Å². The summed E-state index contributed by atoms with van der Waals surface area (Å²) in [6.45, 7) is 5.74. The zero-order valence-corrected chi connectivity index (χ0v) is 11.5. The van der Waals surface area contributed by atoms with Crippen LogP contribution in [0.1, 0.15) is 26.3 Å². The molecule has 0 aliphatic rings. The second-order valence-corrected chi connectivity index (χ2v) is 4.95. The number of nitrogens with one attached hydrogen (secondary N) is 2. The zero-order chi connectivity index (χ0) is 13.8. The maximum Gasteiger partial charge on any atom is 0.152 e. The number of allylic oxidation sites excluding steroid dienone is 2. The Kier molecular flexibility index (Phi) is 4.00. The summed E-state index contributed by atoms with van der Waals surface area (Å²) in [5.74, 6) is 0.0696. The minimum absolute atomic E-state index is 0.0696. The highest BCUT2D eigenvalue weighted by atomic mass is 16.1. The van der Waals surface area contributed by atoms with Gasteiger partial charge in [-0.3, -0.25) is 4.79 Å². The molecule has 2 N–H and O–H groups in total. The van der Waals surface area contributed by atoms with E-state index in [9.17, 15) is 4.79 Å². The lowest BCUT2D eigenvalue weighted by Gasteiger charge is -2.09.